The molecule has 0 fully saturated rings. The molecule has 0 atom stereocenters. The Morgan fingerprint density at radius 1 is 1.22 bits per heavy atom. The Balaban J connectivity index is 1.84. The number of nitro groups is 1. The Labute approximate surface area is 159 Å². The van der Waals surface area contributed by atoms with Gasteiger partial charge in [-0.1, -0.05) is 17.7 Å². The minimum absolute atomic E-state index is 0.0162. The average Bonchev–Trinajstić information content (AvgIpc) is 2.61. The van der Waals surface area contributed by atoms with E-state index in [4.69, 9.17) is 4.74 Å². The second-order valence-corrected chi connectivity index (χ2v) is 6.70. The topological polar surface area (TPSA) is 98.5 Å². The van der Waals surface area contributed by atoms with Gasteiger partial charge in [-0.15, -0.1) is 11.8 Å². The van der Waals surface area contributed by atoms with Crippen molar-refractivity contribution < 1.29 is 23.6 Å². The Morgan fingerprint density at radius 3 is 2.63 bits per heavy atom. The number of aryl methyl sites for hydroxylation is 2. The van der Waals surface area contributed by atoms with E-state index in [1.54, 1.807) is 0 Å². The SMILES string of the molecule is Cc1ccc(SCC(=O)OCC(=O)Nc2cc([N+](=O)[O-])ccc2F)c(C)c1. The predicted molar refractivity (Wildman–Crippen MR) is 99.3 cm³/mol. The number of ether oxygens (including phenoxy) is 1. The van der Waals surface area contributed by atoms with Gasteiger partial charge in [0, 0.05) is 17.0 Å². The van der Waals surface area contributed by atoms with Crippen LogP contribution in [0.15, 0.2) is 41.3 Å². The number of carbonyl (C=O) groups excluding carboxylic acids is 2. The molecule has 2 rings (SSSR count). The van der Waals surface area contributed by atoms with E-state index in [0.717, 1.165) is 34.2 Å². The molecule has 2 aromatic carbocycles. The quantitative estimate of drug-likeness (QED) is 0.334. The summed E-state index contributed by atoms with van der Waals surface area (Å²) >= 11 is 1.29. The maximum absolute atomic E-state index is 13.6. The van der Waals surface area contributed by atoms with E-state index in [0.29, 0.717) is 0 Å². The van der Waals surface area contributed by atoms with Gasteiger partial charge in [-0.3, -0.25) is 19.7 Å². The summed E-state index contributed by atoms with van der Waals surface area (Å²) in [6.07, 6.45) is 0. The van der Waals surface area contributed by atoms with Crippen molar-refractivity contribution in [3.8, 4) is 0 Å². The van der Waals surface area contributed by atoms with E-state index >= 15 is 0 Å². The molecule has 2 aromatic rings. The number of rotatable bonds is 7. The van der Waals surface area contributed by atoms with Gasteiger partial charge in [0.25, 0.3) is 11.6 Å². The van der Waals surface area contributed by atoms with E-state index in [9.17, 15) is 24.1 Å². The highest BCUT2D eigenvalue weighted by Crippen LogP contribution is 2.23. The number of nitrogens with one attached hydrogen (secondary N) is 1. The molecule has 0 saturated carbocycles. The molecule has 0 aliphatic carbocycles. The van der Waals surface area contributed by atoms with Gasteiger partial charge in [0.2, 0.25) is 0 Å². The summed E-state index contributed by atoms with van der Waals surface area (Å²) in [7, 11) is 0. The zero-order valence-electron chi connectivity index (χ0n) is 14.7. The summed E-state index contributed by atoms with van der Waals surface area (Å²) in [6.45, 7) is 3.29. The molecular formula is C18H17FN2O5S. The van der Waals surface area contributed by atoms with Crippen LogP contribution in [0.5, 0.6) is 0 Å². The fourth-order valence-corrected chi connectivity index (χ4v) is 3.00. The molecule has 0 heterocycles. The zero-order chi connectivity index (χ0) is 20.0. The smallest absolute Gasteiger partial charge is 0.316 e. The fraction of sp³-hybridized carbons (Fsp3) is 0.222. The maximum atomic E-state index is 13.6. The molecular weight excluding hydrogens is 375 g/mol. The van der Waals surface area contributed by atoms with Crippen molar-refractivity contribution in [2.45, 2.75) is 18.7 Å². The highest BCUT2D eigenvalue weighted by molar-refractivity contribution is 8.00. The van der Waals surface area contributed by atoms with E-state index < -0.39 is 29.2 Å². The number of non-ortho nitro benzene ring substituents is 1. The number of nitro benzene ring substituents is 1. The van der Waals surface area contributed by atoms with Crippen LogP contribution in [0.3, 0.4) is 0 Å². The minimum Gasteiger partial charge on any atom is -0.455 e. The first-order valence-electron chi connectivity index (χ1n) is 7.85. The molecule has 0 aliphatic rings. The molecule has 0 aliphatic heterocycles. The number of nitrogens with zero attached hydrogens (tertiary/aromatic N) is 1. The second-order valence-electron chi connectivity index (χ2n) is 5.69. The lowest BCUT2D eigenvalue weighted by Crippen LogP contribution is -2.22. The highest BCUT2D eigenvalue weighted by Gasteiger charge is 2.14. The lowest BCUT2D eigenvalue weighted by molar-refractivity contribution is -0.384. The summed E-state index contributed by atoms with van der Waals surface area (Å²) in [5.74, 6) is -2.21. The first kappa shape index (κ1) is 20.4. The van der Waals surface area contributed by atoms with Crippen LogP contribution in [0, 0.1) is 29.8 Å². The van der Waals surface area contributed by atoms with Crippen molar-refractivity contribution in [2.75, 3.05) is 17.7 Å². The first-order valence-corrected chi connectivity index (χ1v) is 8.84. The van der Waals surface area contributed by atoms with Crippen molar-refractivity contribution in [2.24, 2.45) is 0 Å². The van der Waals surface area contributed by atoms with Crippen LogP contribution in [0.25, 0.3) is 0 Å². The monoisotopic (exact) mass is 392 g/mol. The number of amides is 1. The van der Waals surface area contributed by atoms with Gasteiger partial charge in [-0.2, -0.15) is 0 Å². The number of carbonyl (C=O) groups is 2. The Kier molecular flexibility index (Phi) is 6.89. The number of halogens is 1. The number of thioether (sulfide) groups is 1. The maximum Gasteiger partial charge on any atom is 0.316 e. The molecule has 1 amide bonds. The first-order chi connectivity index (χ1) is 12.8. The van der Waals surface area contributed by atoms with Crippen LogP contribution in [-0.4, -0.2) is 29.2 Å². The van der Waals surface area contributed by atoms with E-state index in [2.05, 4.69) is 5.32 Å². The van der Waals surface area contributed by atoms with Gasteiger partial charge in [-0.05, 0) is 31.5 Å². The molecule has 142 valence electrons. The van der Waals surface area contributed by atoms with Gasteiger partial charge >= 0.3 is 5.97 Å². The highest BCUT2D eigenvalue weighted by atomic mass is 32.2. The van der Waals surface area contributed by atoms with Gasteiger partial charge in [0.15, 0.2) is 6.61 Å². The van der Waals surface area contributed by atoms with Gasteiger partial charge in [0.1, 0.15) is 5.82 Å². The Bertz CT molecular complexity index is 888. The van der Waals surface area contributed by atoms with E-state index in [1.165, 1.54) is 11.8 Å². The van der Waals surface area contributed by atoms with Gasteiger partial charge in [-0.25, -0.2) is 4.39 Å². The third-order valence-corrected chi connectivity index (χ3v) is 4.62. The summed E-state index contributed by atoms with van der Waals surface area (Å²) in [4.78, 5) is 34.5. The van der Waals surface area contributed by atoms with Crippen LogP contribution < -0.4 is 5.32 Å². The fourth-order valence-electron chi connectivity index (χ4n) is 2.19. The molecule has 7 nitrogen and oxygen atoms in total. The summed E-state index contributed by atoms with van der Waals surface area (Å²) in [6, 6.07) is 8.58. The Hall–Kier alpha value is -2.94. The predicted octanol–water partition coefficient (Wildman–Crippen LogP) is 3.62. The third-order valence-electron chi connectivity index (χ3n) is 3.48. The zero-order valence-corrected chi connectivity index (χ0v) is 15.5. The normalized spacial score (nSPS) is 10.3. The van der Waals surface area contributed by atoms with Crippen LogP contribution in [0.2, 0.25) is 0 Å². The van der Waals surface area contributed by atoms with Crippen molar-refractivity contribution >= 4 is 35.0 Å². The molecule has 9 heteroatoms. The van der Waals surface area contributed by atoms with Crippen molar-refractivity contribution in [3.63, 3.8) is 0 Å². The summed E-state index contributed by atoms with van der Waals surface area (Å²) in [5, 5.41) is 12.8. The number of hydrogen-bond donors (Lipinski definition) is 1. The molecule has 0 spiro atoms. The number of hydrogen-bond acceptors (Lipinski definition) is 6. The van der Waals surface area contributed by atoms with E-state index in [-0.39, 0.29) is 17.1 Å². The lowest BCUT2D eigenvalue weighted by atomic mass is 10.2. The molecule has 0 radical (unpaired) electrons. The van der Waals surface area contributed by atoms with Crippen molar-refractivity contribution in [1.82, 2.24) is 0 Å². The average molecular weight is 392 g/mol. The lowest BCUT2D eigenvalue weighted by Gasteiger charge is -2.08. The minimum atomic E-state index is -0.828. The largest absolute Gasteiger partial charge is 0.455 e. The van der Waals surface area contributed by atoms with Gasteiger partial charge < -0.3 is 10.1 Å². The van der Waals surface area contributed by atoms with Crippen LogP contribution >= 0.6 is 11.8 Å². The number of anilines is 1. The van der Waals surface area contributed by atoms with Crippen molar-refractivity contribution in [1.29, 1.82) is 0 Å². The summed E-state index contributed by atoms with van der Waals surface area (Å²) in [5.41, 5.74) is 1.43. The molecule has 0 unspecified atom stereocenters. The third kappa shape index (κ3) is 6.07. The summed E-state index contributed by atoms with van der Waals surface area (Å²) < 4.78 is 18.5. The molecule has 27 heavy (non-hydrogen) atoms. The van der Waals surface area contributed by atoms with Crippen LogP contribution in [-0.2, 0) is 14.3 Å². The molecule has 0 saturated heterocycles. The molecule has 0 bridgehead atoms. The standard InChI is InChI=1S/C18H17FN2O5S/c1-11-3-6-16(12(2)7-11)27-10-18(23)26-9-17(22)20-15-8-13(21(24)25)4-5-14(15)19/h3-8H,9-10H2,1-2H3,(H,20,22). The number of benzene rings is 2. The van der Waals surface area contributed by atoms with Gasteiger partial charge in [0.05, 0.1) is 16.4 Å². The van der Waals surface area contributed by atoms with Crippen LogP contribution in [0.1, 0.15) is 11.1 Å². The van der Waals surface area contributed by atoms with Crippen molar-refractivity contribution in [3.05, 3.63) is 63.5 Å². The Morgan fingerprint density at radius 2 is 1.96 bits per heavy atom. The molecule has 1 N–H and O–H groups in total. The van der Waals surface area contributed by atoms with E-state index in [1.807, 2.05) is 32.0 Å². The number of esters is 1. The van der Waals surface area contributed by atoms with Crippen LogP contribution in [0.4, 0.5) is 15.8 Å². The molecule has 0 aromatic heterocycles. The second kappa shape index (κ2) is 9.13.